The lowest BCUT2D eigenvalue weighted by Gasteiger charge is -2.19. The fraction of sp³-hybridized carbons (Fsp3) is 0.350. The van der Waals surface area contributed by atoms with Crippen molar-refractivity contribution in [2.24, 2.45) is 0 Å². The van der Waals surface area contributed by atoms with E-state index in [1.54, 1.807) is 0 Å². The molecule has 0 fully saturated rings. The molecular formula is C20H24O3. The average Bonchev–Trinajstić information content (AvgIpc) is 2.45. The Morgan fingerprint density at radius 1 is 1.00 bits per heavy atom. The second-order valence-corrected chi connectivity index (χ2v) is 6.28. The molecule has 0 radical (unpaired) electrons. The highest BCUT2D eigenvalue weighted by Gasteiger charge is 2.22. The average molecular weight is 312 g/mol. The van der Waals surface area contributed by atoms with Gasteiger partial charge >= 0.3 is 5.97 Å². The highest BCUT2D eigenvalue weighted by Crippen LogP contribution is 2.25. The van der Waals surface area contributed by atoms with Crippen LogP contribution in [0.3, 0.4) is 0 Å². The smallest absolute Gasteiger partial charge is 0.345 e. The largest absolute Gasteiger partial charge is 0.478 e. The van der Waals surface area contributed by atoms with E-state index in [0.29, 0.717) is 12.2 Å². The molecule has 0 unspecified atom stereocenters. The first kappa shape index (κ1) is 17.1. The van der Waals surface area contributed by atoms with E-state index in [1.165, 1.54) is 5.56 Å². The topological polar surface area (TPSA) is 46.5 Å². The molecule has 0 saturated heterocycles. The maximum absolute atomic E-state index is 11.6. The van der Waals surface area contributed by atoms with Gasteiger partial charge in [-0.2, -0.15) is 0 Å². The van der Waals surface area contributed by atoms with Crippen molar-refractivity contribution in [3.8, 4) is 5.75 Å². The minimum Gasteiger partial charge on any atom is -0.478 e. The molecule has 0 saturated carbocycles. The minimum atomic E-state index is -0.941. The number of benzene rings is 2. The second-order valence-electron chi connectivity index (χ2n) is 6.28. The molecule has 0 spiro atoms. The van der Waals surface area contributed by atoms with E-state index in [9.17, 15) is 9.90 Å². The van der Waals surface area contributed by atoms with Crippen LogP contribution in [-0.4, -0.2) is 17.2 Å². The maximum Gasteiger partial charge on any atom is 0.345 e. The molecule has 122 valence electrons. The lowest BCUT2D eigenvalue weighted by Crippen LogP contribution is -2.30. The highest BCUT2D eigenvalue weighted by atomic mass is 16.5. The van der Waals surface area contributed by atoms with E-state index in [-0.39, 0.29) is 0 Å². The molecule has 0 aliphatic rings. The zero-order valence-corrected chi connectivity index (χ0v) is 14.4. The molecule has 0 aliphatic carbocycles. The van der Waals surface area contributed by atoms with E-state index < -0.39 is 12.1 Å². The number of aryl methyl sites for hydroxylation is 4. The van der Waals surface area contributed by atoms with Crippen LogP contribution in [0.25, 0.3) is 0 Å². The van der Waals surface area contributed by atoms with Gasteiger partial charge in [-0.3, -0.25) is 0 Å². The third-order valence-electron chi connectivity index (χ3n) is 4.21. The van der Waals surface area contributed by atoms with Crippen LogP contribution >= 0.6 is 0 Å². The van der Waals surface area contributed by atoms with Gasteiger partial charge in [0.05, 0.1) is 0 Å². The van der Waals surface area contributed by atoms with Gasteiger partial charge in [-0.25, -0.2) is 4.79 Å². The van der Waals surface area contributed by atoms with Crippen LogP contribution < -0.4 is 4.74 Å². The first-order chi connectivity index (χ1) is 10.8. The molecule has 1 atom stereocenters. The number of carbonyl (C=O) groups is 1. The summed E-state index contributed by atoms with van der Waals surface area (Å²) in [7, 11) is 0. The number of carboxylic acids is 1. The molecule has 3 heteroatoms. The predicted octanol–water partition coefficient (Wildman–Crippen LogP) is 4.30. The van der Waals surface area contributed by atoms with E-state index in [0.717, 1.165) is 27.8 Å². The van der Waals surface area contributed by atoms with Crippen molar-refractivity contribution in [2.75, 3.05) is 0 Å². The first-order valence-electron chi connectivity index (χ1n) is 7.81. The second kappa shape index (κ2) is 6.86. The fourth-order valence-electron chi connectivity index (χ4n) is 2.73. The Hall–Kier alpha value is -2.29. The zero-order valence-electron chi connectivity index (χ0n) is 14.4. The van der Waals surface area contributed by atoms with Crippen molar-refractivity contribution in [3.63, 3.8) is 0 Å². The van der Waals surface area contributed by atoms with Crippen LogP contribution in [0.15, 0.2) is 30.3 Å². The van der Waals surface area contributed by atoms with Gasteiger partial charge in [0.1, 0.15) is 5.75 Å². The van der Waals surface area contributed by atoms with Crippen molar-refractivity contribution in [1.82, 2.24) is 0 Å². The predicted molar refractivity (Wildman–Crippen MR) is 92.3 cm³/mol. The van der Waals surface area contributed by atoms with Gasteiger partial charge in [0.15, 0.2) is 6.10 Å². The van der Waals surface area contributed by atoms with Crippen LogP contribution in [-0.2, 0) is 11.2 Å². The van der Waals surface area contributed by atoms with E-state index in [1.807, 2.05) is 52.8 Å². The van der Waals surface area contributed by atoms with Gasteiger partial charge in [-0.1, -0.05) is 29.8 Å². The van der Waals surface area contributed by atoms with Gasteiger partial charge in [0, 0.05) is 6.42 Å². The Morgan fingerprint density at radius 2 is 1.65 bits per heavy atom. The van der Waals surface area contributed by atoms with E-state index in [2.05, 4.69) is 12.1 Å². The summed E-state index contributed by atoms with van der Waals surface area (Å²) < 4.78 is 5.86. The lowest BCUT2D eigenvalue weighted by atomic mass is 10.00. The van der Waals surface area contributed by atoms with Crippen LogP contribution in [0.2, 0.25) is 0 Å². The Kier molecular flexibility index (Phi) is 5.09. The van der Waals surface area contributed by atoms with Crippen molar-refractivity contribution >= 4 is 5.97 Å². The maximum atomic E-state index is 11.6. The number of hydrogen-bond acceptors (Lipinski definition) is 2. The highest BCUT2D eigenvalue weighted by molar-refractivity contribution is 5.73. The number of rotatable bonds is 5. The molecule has 2 aromatic rings. The van der Waals surface area contributed by atoms with Crippen LogP contribution in [0.1, 0.15) is 33.4 Å². The van der Waals surface area contributed by atoms with Crippen molar-refractivity contribution in [2.45, 2.75) is 47.1 Å². The molecule has 2 rings (SSSR count). The van der Waals surface area contributed by atoms with Gasteiger partial charge in [0.2, 0.25) is 0 Å². The van der Waals surface area contributed by atoms with Gasteiger partial charge < -0.3 is 9.84 Å². The summed E-state index contributed by atoms with van der Waals surface area (Å²) in [5, 5.41) is 9.55. The summed E-state index contributed by atoms with van der Waals surface area (Å²) in [6.07, 6.45) is -0.537. The van der Waals surface area contributed by atoms with Crippen LogP contribution in [0.4, 0.5) is 0 Å². The molecule has 2 aromatic carbocycles. The number of ether oxygens (including phenoxy) is 1. The number of carboxylic acid groups (broad SMARTS) is 1. The van der Waals surface area contributed by atoms with E-state index >= 15 is 0 Å². The molecule has 23 heavy (non-hydrogen) atoms. The fourth-order valence-corrected chi connectivity index (χ4v) is 2.73. The Balaban J connectivity index is 2.28. The molecule has 0 aromatic heterocycles. The third-order valence-corrected chi connectivity index (χ3v) is 4.21. The number of aliphatic carboxylic acids is 1. The molecule has 0 bridgehead atoms. The minimum absolute atomic E-state index is 0.355. The Bertz CT molecular complexity index is 732. The summed E-state index contributed by atoms with van der Waals surface area (Å²) in [6, 6.07) is 10.0. The molecular weight excluding hydrogens is 288 g/mol. The molecule has 0 amide bonds. The monoisotopic (exact) mass is 312 g/mol. The molecule has 0 heterocycles. The third kappa shape index (κ3) is 4.13. The van der Waals surface area contributed by atoms with Crippen LogP contribution in [0, 0.1) is 34.6 Å². The molecule has 1 N–H and O–H groups in total. The summed E-state index contributed by atoms with van der Waals surface area (Å²) in [4.78, 5) is 11.6. The quantitative estimate of drug-likeness (QED) is 0.895. The zero-order chi connectivity index (χ0) is 17.1. The lowest BCUT2D eigenvalue weighted by molar-refractivity contribution is -0.145. The van der Waals surface area contributed by atoms with Crippen molar-refractivity contribution < 1.29 is 14.6 Å². The van der Waals surface area contributed by atoms with Crippen molar-refractivity contribution in [3.05, 3.63) is 63.7 Å². The van der Waals surface area contributed by atoms with Gasteiger partial charge in [-0.15, -0.1) is 0 Å². The molecule has 3 nitrogen and oxygen atoms in total. The Labute approximate surface area is 137 Å². The van der Waals surface area contributed by atoms with Crippen molar-refractivity contribution in [1.29, 1.82) is 0 Å². The van der Waals surface area contributed by atoms with Gasteiger partial charge in [-0.05, 0) is 68.5 Å². The summed E-state index contributed by atoms with van der Waals surface area (Å²) in [5.41, 5.74) is 6.43. The summed E-state index contributed by atoms with van der Waals surface area (Å²) >= 11 is 0. The SMILES string of the molecule is Cc1ccc(C[C@H](Oc2cc(C)cc(C)c2C)C(=O)O)c(C)c1. The summed E-state index contributed by atoms with van der Waals surface area (Å²) in [6.45, 7) is 9.98. The molecule has 0 aliphatic heterocycles. The first-order valence-corrected chi connectivity index (χ1v) is 7.81. The van der Waals surface area contributed by atoms with Gasteiger partial charge in [0.25, 0.3) is 0 Å². The van der Waals surface area contributed by atoms with E-state index in [4.69, 9.17) is 4.74 Å². The number of hydrogen-bond donors (Lipinski definition) is 1. The summed E-state index contributed by atoms with van der Waals surface area (Å²) in [5.74, 6) is -0.289. The standard InChI is InChI=1S/C20H24O3/c1-12-6-7-17(15(4)8-12)11-19(20(21)22)23-18-10-13(2)9-14(3)16(18)5/h6-10,19H,11H2,1-5H3,(H,21,22)/t19-/m0/s1. The Morgan fingerprint density at radius 3 is 2.26 bits per heavy atom. The normalized spacial score (nSPS) is 12.0. The van der Waals surface area contributed by atoms with Crippen LogP contribution in [0.5, 0.6) is 5.75 Å².